The number of hydrogen-bond donors (Lipinski definition) is 1. The van der Waals surface area contributed by atoms with Crippen molar-refractivity contribution in [2.45, 2.75) is 32.9 Å². The van der Waals surface area contributed by atoms with Crippen molar-refractivity contribution >= 4 is 5.91 Å². The fraction of sp³-hybridized carbons (Fsp3) is 0.333. The largest absolute Gasteiger partial charge is 0.454 e. The molecule has 0 saturated heterocycles. The Morgan fingerprint density at radius 3 is 2.85 bits per heavy atom. The Hall–Kier alpha value is -2.30. The SMILES string of the molecule is CCC(C)NC(=O)c1ccc(Cn2ccccc2=O)o1. The summed E-state index contributed by atoms with van der Waals surface area (Å²) in [5, 5.41) is 2.83. The molecule has 2 aromatic heterocycles. The van der Waals surface area contributed by atoms with Crippen molar-refractivity contribution in [1.29, 1.82) is 0 Å². The molecule has 0 aliphatic rings. The Kier molecular flexibility index (Phi) is 4.40. The van der Waals surface area contributed by atoms with E-state index in [1.54, 1.807) is 30.5 Å². The van der Waals surface area contributed by atoms with Crippen LogP contribution in [-0.4, -0.2) is 16.5 Å². The van der Waals surface area contributed by atoms with Gasteiger partial charge in [0.1, 0.15) is 5.76 Å². The summed E-state index contributed by atoms with van der Waals surface area (Å²) in [5.74, 6) is 0.614. The molecule has 0 saturated carbocycles. The molecule has 20 heavy (non-hydrogen) atoms. The molecule has 5 nitrogen and oxygen atoms in total. The van der Waals surface area contributed by atoms with Crippen LogP contribution < -0.4 is 10.9 Å². The first-order valence-electron chi connectivity index (χ1n) is 6.65. The summed E-state index contributed by atoms with van der Waals surface area (Å²) in [6.07, 6.45) is 2.54. The van der Waals surface area contributed by atoms with E-state index in [-0.39, 0.29) is 23.3 Å². The lowest BCUT2D eigenvalue weighted by Crippen LogP contribution is -2.31. The zero-order valence-electron chi connectivity index (χ0n) is 11.6. The van der Waals surface area contributed by atoms with Gasteiger partial charge < -0.3 is 14.3 Å². The Bertz CT molecular complexity index is 642. The average Bonchev–Trinajstić information content (AvgIpc) is 2.90. The van der Waals surface area contributed by atoms with Gasteiger partial charge in [0.2, 0.25) is 0 Å². The monoisotopic (exact) mass is 274 g/mol. The molecule has 0 aliphatic carbocycles. The first kappa shape index (κ1) is 14.1. The van der Waals surface area contributed by atoms with E-state index in [0.29, 0.717) is 12.3 Å². The summed E-state index contributed by atoms with van der Waals surface area (Å²) in [4.78, 5) is 23.5. The molecule has 0 aliphatic heterocycles. The Morgan fingerprint density at radius 2 is 2.15 bits per heavy atom. The molecule has 1 atom stereocenters. The van der Waals surface area contributed by atoms with Gasteiger partial charge in [0.05, 0.1) is 6.54 Å². The topological polar surface area (TPSA) is 64.2 Å². The normalized spacial score (nSPS) is 12.1. The molecule has 2 aromatic rings. The molecule has 1 amide bonds. The van der Waals surface area contributed by atoms with Crippen molar-refractivity contribution in [3.8, 4) is 0 Å². The standard InChI is InChI=1S/C15H18N2O3/c1-3-11(2)16-15(19)13-8-7-12(20-13)10-17-9-5-4-6-14(17)18/h4-9,11H,3,10H2,1-2H3,(H,16,19). The first-order chi connectivity index (χ1) is 9.60. The summed E-state index contributed by atoms with van der Waals surface area (Å²) < 4.78 is 7.00. The predicted molar refractivity (Wildman–Crippen MR) is 75.7 cm³/mol. The molecule has 1 unspecified atom stereocenters. The molecule has 106 valence electrons. The minimum atomic E-state index is -0.231. The highest BCUT2D eigenvalue weighted by molar-refractivity contribution is 5.91. The number of hydrogen-bond acceptors (Lipinski definition) is 3. The maximum Gasteiger partial charge on any atom is 0.287 e. The molecule has 0 fully saturated rings. The number of nitrogens with one attached hydrogen (secondary N) is 1. The number of nitrogens with zero attached hydrogens (tertiary/aromatic N) is 1. The second-order valence-corrected chi connectivity index (χ2v) is 4.72. The molecule has 5 heteroatoms. The number of pyridine rings is 1. The lowest BCUT2D eigenvalue weighted by atomic mass is 10.2. The minimum Gasteiger partial charge on any atom is -0.454 e. The van der Waals surface area contributed by atoms with Crippen LogP contribution in [0.15, 0.2) is 45.7 Å². The smallest absolute Gasteiger partial charge is 0.287 e. The molecule has 0 bridgehead atoms. The van der Waals surface area contributed by atoms with Crippen LogP contribution in [0.5, 0.6) is 0 Å². The lowest BCUT2D eigenvalue weighted by Gasteiger charge is -2.09. The molecule has 2 heterocycles. The van der Waals surface area contributed by atoms with Gasteiger partial charge in [-0.3, -0.25) is 9.59 Å². The van der Waals surface area contributed by atoms with E-state index in [0.717, 1.165) is 6.42 Å². The Morgan fingerprint density at radius 1 is 1.35 bits per heavy atom. The Labute approximate surface area is 117 Å². The fourth-order valence-electron chi connectivity index (χ4n) is 1.74. The van der Waals surface area contributed by atoms with Crippen LogP contribution in [0.3, 0.4) is 0 Å². The van der Waals surface area contributed by atoms with E-state index in [4.69, 9.17) is 4.42 Å². The molecule has 0 aromatic carbocycles. The Balaban J connectivity index is 2.08. The van der Waals surface area contributed by atoms with Crippen molar-refractivity contribution in [1.82, 2.24) is 9.88 Å². The van der Waals surface area contributed by atoms with E-state index in [1.807, 2.05) is 13.8 Å². The van der Waals surface area contributed by atoms with E-state index >= 15 is 0 Å². The lowest BCUT2D eigenvalue weighted by molar-refractivity contribution is 0.0909. The summed E-state index contributed by atoms with van der Waals surface area (Å²) >= 11 is 0. The third kappa shape index (κ3) is 3.38. The van der Waals surface area contributed by atoms with Crippen LogP contribution >= 0.6 is 0 Å². The number of furan rings is 1. The van der Waals surface area contributed by atoms with Crippen LogP contribution in [0.4, 0.5) is 0 Å². The average molecular weight is 274 g/mol. The third-order valence-corrected chi connectivity index (χ3v) is 3.10. The van der Waals surface area contributed by atoms with Crippen LogP contribution in [0.1, 0.15) is 36.6 Å². The van der Waals surface area contributed by atoms with E-state index in [1.165, 1.54) is 10.6 Å². The third-order valence-electron chi connectivity index (χ3n) is 3.10. The van der Waals surface area contributed by atoms with Crippen molar-refractivity contribution in [2.24, 2.45) is 0 Å². The summed E-state index contributed by atoms with van der Waals surface area (Å²) in [5.41, 5.74) is -0.102. The molecular weight excluding hydrogens is 256 g/mol. The number of aromatic nitrogens is 1. The second-order valence-electron chi connectivity index (χ2n) is 4.72. The molecule has 1 N–H and O–H groups in total. The molecule has 2 rings (SSSR count). The molecule has 0 spiro atoms. The van der Waals surface area contributed by atoms with Gasteiger partial charge in [-0.05, 0) is 31.5 Å². The first-order valence-corrected chi connectivity index (χ1v) is 6.65. The molecule has 0 radical (unpaired) electrons. The summed E-state index contributed by atoms with van der Waals surface area (Å²) in [6, 6.07) is 8.39. The highest BCUT2D eigenvalue weighted by Crippen LogP contribution is 2.09. The van der Waals surface area contributed by atoms with E-state index in [2.05, 4.69) is 5.32 Å². The highest BCUT2D eigenvalue weighted by Gasteiger charge is 2.13. The van der Waals surface area contributed by atoms with Gasteiger partial charge in [0.25, 0.3) is 11.5 Å². The van der Waals surface area contributed by atoms with Crippen molar-refractivity contribution in [3.05, 3.63) is 58.4 Å². The van der Waals surface area contributed by atoms with Gasteiger partial charge in [0.15, 0.2) is 5.76 Å². The van der Waals surface area contributed by atoms with Crippen molar-refractivity contribution in [2.75, 3.05) is 0 Å². The summed E-state index contributed by atoms with van der Waals surface area (Å²) in [6.45, 7) is 4.25. The van der Waals surface area contributed by atoms with Crippen molar-refractivity contribution < 1.29 is 9.21 Å². The second kappa shape index (κ2) is 6.23. The number of amides is 1. The number of rotatable bonds is 5. The zero-order valence-corrected chi connectivity index (χ0v) is 11.6. The van der Waals surface area contributed by atoms with Gasteiger partial charge in [-0.1, -0.05) is 13.0 Å². The maximum absolute atomic E-state index is 11.9. The molecular formula is C15H18N2O3. The van der Waals surface area contributed by atoms with Gasteiger partial charge in [-0.25, -0.2) is 0 Å². The number of carbonyl (C=O) groups excluding carboxylic acids is 1. The van der Waals surface area contributed by atoms with Gasteiger partial charge >= 0.3 is 0 Å². The quantitative estimate of drug-likeness (QED) is 0.907. The van der Waals surface area contributed by atoms with Crippen LogP contribution in [0, 0.1) is 0 Å². The fourth-order valence-corrected chi connectivity index (χ4v) is 1.74. The van der Waals surface area contributed by atoms with Crippen LogP contribution in [-0.2, 0) is 6.54 Å². The maximum atomic E-state index is 11.9. The number of carbonyl (C=O) groups is 1. The highest BCUT2D eigenvalue weighted by atomic mass is 16.4. The van der Waals surface area contributed by atoms with Gasteiger partial charge in [0, 0.05) is 18.3 Å². The summed E-state index contributed by atoms with van der Waals surface area (Å²) in [7, 11) is 0. The van der Waals surface area contributed by atoms with Gasteiger partial charge in [-0.15, -0.1) is 0 Å². The van der Waals surface area contributed by atoms with E-state index in [9.17, 15) is 9.59 Å². The predicted octanol–water partition coefficient (Wildman–Crippen LogP) is 2.02. The minimum absolute atomic E-state index is 0.102. The van der Waals surface area contributed by atoms with E-state index < -0.39 is 0 Å². The zero-order chi connectivity index (χ0) is 14.5. The van der Waals surface area contributed by atoms with Crippen molar-refractivity contribution in [3.63, 3.8) is 0 Å². The van der Waals surface area contributed by atoms with Gasteiger partial charge in [-0.2, -0.15) is 0 Å². The van der Waals surface area contributed by atoms with Crippen LogP contribution in [0.2, 0.25) is 0 Å². The van der Waals surface area contributed by atoms with Crippen LogP contribution in [0.25, 0.3) is 0 Å².